The second-order valence-electron chi connectivity index (χ2n) is 6.93. The number of hydrogen-bond acceptors (Lipinski definition) is 4. The van der Waals surface area contributed by atoms with Gasteiger partial charge in [0.15, 0.2) is 0 Å². The molecule has 0 spiro atoms. The van der Waals surface area contributed by atoms with Crippen molar-refractivity contribution in [2.75, 3.05) is 25.0 Å². The summed E-state index contributed by atoms with van der Waals surface area (Å²) in [6.45, 7) is 6.45. The summed E-state index contributed by atoms with van der Waals surface area (Å²) in [6, 6.07) is 8.09. The van der Waals surface area contributed by atoms with E-state index in [2.05, 4.69) is 42.5 Å². The molecule has 0 saturated carbocycles. The molecule has 1 aromatic heterocycles. The molecule has 1 saturated heterocycles. The molecule has 1 aliphatic heterocycles. The van der Waals surface area contributed by atoms with Gasteiger partial charge in [-0.1, -0.05) is 49.2 Å². The van der Waals surface area contributed by atoms with Gasteiger partial charge in [-0.2, -0.15) is 0 Å². The number of carbonyl (C=O) groups excluding carboxylic acids is 1. The fraction of sp³-hybridized carbons (Fsp3) is 0.429. The fourth-order valence-electron chi connectivity index (χ4n) is 3.16. The zero-order valence-corrected chi connectivity index (χ0v) is 16.0. The molecule has 1 unspecified atom stereocenters. The molecule has 1 aromatic carbocycles. The van der Waals surface area contributed by atoms with E-state index in [4.69, 9.17) is 9.26 Å². The number of anilines is 1. The van der Waals surface area contributed by atoms with Gasteiger partial charge in [0.25, 0.3) is 0 Å². The van der Waals surface area contributed by atoms with Crippen LogP contribution in [-0.2, 0) is 0 Å². The molecule has 2 heterocycles. The number of rotatable bonds is 6. The highest BCUT2D eigenvalue weighted by atomic mass is 16.5. The van der Waals surface area contributed by atoms with Crippen molar-refractivity contribution >= 4 is 17.8 Å². The highest BCUT2D eigenvalue weighted by Gasteiger charge is 2.24. The quantitative estimate of drug-likeness (QED) is 0.742. The number of piperidine rings is 1. The lowest BCUT2D eigenvalue weighted by molar-refractivity contribution is 0.198. The summed E-state index contributed by atoms with van der Waals surface area (Å²) in [5.74, 6) is 1.22. The van der Waals surface area contributed by atoms with Gasteiger partial charge in [0.05, 0.1) is 12.8 Å². The van der Waals surface area contributed by atoms with Gasteiger partial charge in [0.2, 0.25) is 0 Å². The average Bonchev–Trinajstić information content (AvgIpc) is 3.17. The van der Waals surface area contributed by atoms with E-state index < -0.39 is 0 Å². The number of urea groups is 1. The molecular weight excluding hydrogens is 342 g/mol. The van der Waals surface area contributed by atoms with Crippen LogP contribution in [-0.4, -0.2) is 35.8 Å². The van der Waals surface area contributed by atoms with Crippen LogP contribution in [0, 0.1) is 5.92 Å². The van der Waals surface area contributed by atoms with Gasteiger partial charge in [-0.05, 0) is 36.5 Å². The number of aromatic nitrogens is 1. The number of amides is 2. The molecule has 6 nitrogen and oxygen atoms in total. The molecule has 6 heteroatoms. The Balaban J connectivity index is 1.59. The predicted octanol–water partition coefficient (Wildman–Crippen LogP) is 4.81. The lowest BCUT2D eigenvalue weighted by Crippen LogP contribution is -2.42. The number of likely N-dealkylation sites (tertiary alicyclic amines) is 1. The first-order valence-electron chi connectivity index (χ1n) is 9.54. The molecule has 0 aliphatic carbocycles. The largest absolute Gasteiger partial charge is 0.494 e. The van der Waals surface area contributed by atoms with Crippen molar-refractivity contribution in [1.82, 2.24) is 10.1 Å². The van der Waals surface area contributed by atoms with E-state index in [0.29, 0.717) is 24.7 Å². The number of hydrogen-bond donors (Lipinski definition) is 1. The minimum absolute atomic E-state index is 0.115. The van der Waals surface area contributed by atoms with Crippen molar-refractivity contribution < 1.29 is 14.1 Å². The maximum atomic E-state index is 12.4. The molecule has 0 bridgehead atoms. The van der Waals surface area contributed by atoms with Crippen LogP contribution in [0.3, 0.4) is 0 Å². The van der Waals surface area contributed by atoms with Gasteiger partial charge in [-0.25, -0.2) is 4.79 Å². The maximum absolute atomic E-state index is 12.4. The Bertz CT molecular complexity index is 771. The predicted molar refractivity (Wildman–Crippen MR) is 106 cm³/mol. The summed E-state index contributed by atoms with van der Waals surface area (Å²) in [4.78, 5) is 14.2. The normalized spacial score (nSPS) is 18.5. The van der Waals surface area contributed by atoms with Crippen LogP contribution >= 0.6 is 0 Å². The number of ether oxygens (including phenoxy) is 1. The third kappa shape index (κ3) is 5.36. The molecule has 144 valence electrons. The molecule has 2 amide bonds. The first-order chi connectivity index (χ1) is 13.2. The Morgan fingerprint density at radius 1 is 1.48 bits per heavy atom. The topological polar surface area (TPSA) is 67.6 Å². The van der Waals surface area contributed by atoms with Crippen LogP contribution in [0.4, 0.5) is 10.5 Å². The van der Waals surface area contributed by atoms with Crippen LogP contribution in [0.1, 0.15) is 38.7 Å². The molecule has 1 atom stereocenters. The Morgan fingerprint density at radius 3 is 3.11 bits per heavy atom. The Hall–Kier alpha value is -2.76. The summed E-state index contributed by atoms with van der Waals surface area (Å²) >= 11 is 0. The zero-order chi connectivity index (χ0) is 19.1. The van der Waals surface area contributed by atoms with Gasteiger partial charge >= 0.3 is 6.03 Å². The summed E-state index contributed by atoms with van der Waals surface area (Å²) in [7, 11) is 0. The molecule has 1 N–H and O–H groups in total. The van der Waals surface area contributed by atoms with Crippen molar-refractivity contribution in [3.63, 3.8) is 0 Å². The van der Waals surface area contributed by atoms with Gasteiger partial charge < -0.3 is 19.5 Å². The molecular formula is C21H27N3O3. The van der Waals surface area contributed by atoms with Crippen molar-refractivity contribution in [2.24, 2.45) is 5.92 Å². The minimum Gasteiger partial charge on any atom is -0.494 e. The molecule has 2 aromatic rings. The third-order valence-corrected chi connectivity index (χ3v) is 4.75. The van der Waals surface area contributed by atoms with Gasteiger partial charge in [-0.15, -0.1) is 0 Å². The van der Waals surface area contributed by atoms with E-state index in [9.17, 15) is 4.79 Å². The maximum Gasteiger partial charge on any atom is 0.322 e. The molecule has 1 aliphatic rings. The lowest BCUT2D eigenvalue weighted by atomic mass is 9.91. The highest BCUT2D eigenvalue weighted by Crippen LogP contribution is 2.26. The molecule has 3 rings (SSSR count). The van der Waals surface area contributed by atoms with E-state index in [0.717, 1.165) is 37.2 Å². The summed E-state index contributed by atoms with van der Waals surface area (Å²) in [6.07, 6.45) is 8.20. The second-order valence-corrected chi connectivity index (χ2v) is 6.93. The van der Waals surface area contributed by atoms with Crippen LogP contribution in [0.15, 0.2) is 46.8 Å². The van der Waals surface area contributed by atoms with E-state index in [-0.39, 0.29) is 6.03 Å². The Morgan fingerprint density at radius 2 is 2.37 bits per heavy atom. The fourth-order valence-corrected chi connectivity index (χ4v) is 3.16. The van der Waals surface area contributed by atoms with Crippen molar-refractivity contribution in [3.8, 4) is 5.75 Å². The van der Waals surface area contributed by atoms with Crippen molar-refractivity contribution in [3.05, 3.63) is 47.9 Å². The third-order valence-electron chi connectivity index (χ3n) is 4.75. The standard InChI is InChI=1S/C21H27N3O3/c1-3-4-10-26-20-7-5-6-17(12-20)11-18-8-9-24(14-16(18)2)21(25)23-19-13-22-27-15-19/h5-7,11-13,15-16H,3-4,8-10,14H2,1-2H3,(H,23,25)/b18-11+. The number of carbonyl (C=O) groups is 1. The van der Waals surface area contributed by atoms with E-state index in [1.807, 2.05) is 17.0 Å². The number of nitrogens with zero attached hydrogens (tertiary/aromatic N) is 2. The lowest BCUT2D eigenvalue weighted by Gasteiger charge is -2.33. The van der Waals surface area contributed by atoms with E-state index in [1.54, 1.807) is 0 Å². The van der Waals surface area contributed by atoms with Crippen molar-refractivity contribution in [2.45, 2.75) is 33.1 Å². The summed E-state index contributed by atoms with van der Waals surface area (Å²) in [5.41, 5.74) is 3.08. The first-order valence-corrected chi connectivity index (χ1v) is 9.54. The van der Waals surface area contributed by atoms with Crippen LogP contribution in [0.2, 0.25) is 0 Å². The number of nitrogens with one attached hydrogen (secondary N) is 1. The van der Waals surface area contributed by atoms with Crippen molar-refractivity contribution in [1.29, 1.82) is 0 Å². The van der Waals surface area contributed by atoms with E-state index in [1.165, 1.54) is 18.0 Å². The molecule has 27 heavy (non-hydrogen) atoms. The van der Waals surface area contributed by atoms with Crippen LogP contribution in [0.5, 0.6) is 5.75 Å². The minimum atomic E-state index is -0.115. The van der Waals surface area contributed by atoms with Gasteiger partial charge in [0.1, 0.15) is 17.7 Å². The smallest absolute Gasteiger partial charge is 0.322 e. The van der Waals surface area contributed by atoms with Gasteiger partial charge in [-0.3, -0.25) is 0 Å². The first kappa shape index (κ1) is 19.0. The SMILES string of the molecule is CCCCOc1cccc(/C=C2\CCN(C(=O)Nc3cnoc3)CC2C)c1. The summed E-state index contributed by atoms with van der Waals surface area (Å²) < 4.78 is 10.5. The Labute approximate surface area is 160 Å². The molecule has 1 fully saturated rings. The zero-order valence-electron chi connectivity index (χ0n) is 16.0. The van der Waals surface area contributed by atoms with Crippen LogP contribution < -0.4 is 10.1 Å². The number of benzene rings is 1. The van der Waals surface area contributed by atoms with Gasteiger partial charge in [0, 0.05) is 13.1 Å². The number of unbranched alkanes of at least 4 members (excludes halogenated alkanes) is 1. The second kappa shape index (κ2) is 9.26. The summed E-state index contributed by atoms with van der Waals surface area (Å²) in [5, 5.41) is 6.40. The van der Waals surface area contributed by atoms with Crippen LogP contribution in [0.25, 0.3) is 6.08 Å². The average molecular weight is 369 g/mol. The monoisotopic (exact) mass is 369 g/mol. The Kier molecular flexibility index (Phi) is 6.52. The highest BCUT2D eigenvalue weighted by molar-refractivity contribution is 5.89. The van der Waals surface area contributed by atoms with E-state index >= 15 is 0 Å². The molecule has 0 radical (unpaired) electrons.